The van der Waals surface area contributed by atoms with Crippen molar-refractivity contribution in [3.8, 4) is 0 Å². The van der Waals surface area contributed by atoms with Gasteiger partial charge in [0.25, 0.3) is 0 Å². The molecule has 1 N–H and O–H groups in total. The van der Waals surface area contributed by atoms with Gasteiger partial charge >= 0.3 is 6.18 Å². The first-order valence-electron chi connectivity index (χ1n) is 5.09. The van der Waals surface area contributed by atoms with E-state index in [-0.39, 0.29) is 0 Å². The Kier molecular flexibility index (Phi) is 3.63. The Morgan fingerprint density at radius 2 is 1.50 bits per heavy atom. The smallest absolute Gasteiger partial charge is 0.306 e. The molecule has 0 amide bonds. The van der Waals surface area contributed by atoms with E-state index in [4.69, 9.17) is 0 Å². The van der Waals surface area contributed by atoms with Gasteiger partial charge in [-0.05, 0) is 50.1 Å². The number of aryl methyl sites for hydroxylation is 3. The topological polar surface area (TPSA) is 12.0 Å². The van der Waals surface area contributed by atoms with Gasteiger partial charge in [0.15, 0.2) is 0 Å². The molecule has 16 heavy (non-hydrogen) atoms. The molecule has 0 heterocycles. The average Bonchev–Trinajstić information content (AvgIpc) is 2.12. The lowest BCUT2D eigenvalue weighted by Crippen LogP contribution is -2.32. The standard InChI is InChI=1S/C12H16F3N/c1-7-5-9(3)10(6-8(7)2)11(16-4)12(13,14)15/h5-6,11,16H,1-4H3. The molecule has 0 fully saturated rings. The quantitative estimate of drug-likeness (QED) is 0.822. The highest BCUT2D eigenvalue weighted by Gasteiger charge is 2.40. The number of rotatable bonds is 2. The van der Waals surface area contributed by atoms with E-state index in [1.54, 1.807) is 19.1 Å². The summed E-state index contributed by atoms with van der Waals surface area (Å²) in [6, 6.07) is 1.81. The number of alkyl halides is 3. The molecule has 1 unspecified atom stereocenters. The Labute approximate surface area is 93.7 Å². The molecule has 0 aliphatic heterocycles. The minimum absolute atomic E-state index is 0.304. The maximum absolute atomic E-state index is 12.8. The minimum Gasteiger partial charge on any atom is -0.306 e. The summed E-state index contributed by atoms with van der Waals surface area (Å²) >= 11 is 0. The van der Waals surface area contributed by atoms with Gasteiger partial charge in [-0.25, -0.2) is 0 Å². The van der Waals surface area contributed by atoms with Crippen molar-refractivity contribution in [1.82, 2.24) is 5.32 Å². The van der Waals surface area contributed by atoms with Crippen molar-refractivity contribution >= 4 is 0 Å². The maximum atomic E-state index is 12.8. The molecule has 0 aliphatic carbocycles. The van der Waals surface area contributed by atoms with Crippen LogP contribution in [0.5, 0.6) is 0 Å². The third-order valence-corrected chi connectivity index (χ3v) is 2.81. The Morgan fingerprint density at radius 1 is 1.00 bits per heavy atom. The van der Waals surface area contributed by atoms with Crippen molar-refractivity contribution in [3.63, 3.8) is 0 Å². The summed E-state index contributed by atoms with van der Waals surface area (Å²) in [4.78, 5) is 0. The van der Waals surface area contributed by atoms with Crippen molar-refractivity contribution in [2.24, 2.45) is 0 Å². The third-order valence-electron chi connectivity index (χ3n) is 2.81. The molecule has 0 saturated heterocycles. The molecular weight excluding hydrogens is 215 g/mol. The van der Waals surface area contributed by atoms with E-state index in [0.717, 1.165) is 11.1 Å². The predicted molar refractivity (Wildman–Crippen MR) is 58.5 cm³/mol. The molecule has 1 aromatic rings. The molecule has 1 rings (SSSR count). The van der Waals surface area contributed by atoms with Crippen LogP contribution in [-0.4, -0.2) is 13.2 Å². The zero-order chi connectivity index (χ0) is 12.5. The number of benzene rings is 1. The van der Waals surface area contributed by atoms with Gasteiger partial charge in [-0.15, -0.1) is 0 Å². The van der Waals surface area contributed by atoms with Crippen molar-refractivity contribution < 1.29 is 13.2 Å². The van der Waals surface area contributed by atoms with Crippen LogP contribution in [0.3, 0.4) is 0 Å². The van der Waals surface area contributed by atoms with Gasteiger partial charge < -0.3 is 5.32 Å². The summed E-state index contributed by atoms with van der Waals surface area (Å²) in [5.74, 6) is 0. The third kappa shape index (κ3) is 2.55. The van der Waals surface area contributed by atoms with Gasteiger partial charge in [0, 0.05) is 0 Å². The highest BCUT2D eigenvalue weighted by molar-refractivity contribution is 5.38. The van der Waals surface area contributed by atoms with Gasteiger partial charge in [-0.1, -0.05) is 12.1 Å². The average molecular weight is 231 g/mol. The van der Waals surface area contributed by atoms with Crippen LogP contribution in [0.1, 0.15) is 28.3 Å². The first-order chi connectivity index (χ1) is 7.27. The fraction of sp³-hybridized carbons (Fsp3) is 0.500. The van der Waals surface area contributed by atoms with Crippen molar-refractivity contribution in [3.05, 3.63) is 34.4 Å². The fourth-order valence-electron chi connectivity index (χ4n) is 1.79. The highest BCUT2D eigenvalue weighted by Crippen LogP contribution is 2.34. The van der Waals surface area contributed by atoms with Gasteiger partial charge in [0.2, 0.25) is 0 Å². The summed E-state index contributed by atoms with van der Waals surface area (Å²) in [5.41, 5.74) is 2.86. The van der Waals surface area contributed by atoms with Gasteiger partial charge in [-0.2, -0.15) is 13.2 Å². The van der Waals surface area contributed by atoms with E-state index < -0.39 is 12.2 Å². The molecular formula is C12H16F3N. The minimum atomic E-state index is -4.26. The second-order valence-electron chi connectivity index (χ2n) is 4.06. The molecule has 1 aromatic carbocycles. The zero-order valence-electron chi connectivity index (χ0n) is 9.87. The Balaban J connectivity index is 3.26. The van der Waals surface area contributed by atoms with Crippen LogP contribution in [0.4, 0.5) is 13.2 Å². The summed E-state index contributed by atoms with van der Waals surface area (Å²) in [6.07, 6.45) is -4.26. The lowest BCUT2D eigenvalue weighted by molar-refractivity contribution is -0.156. The monoisotopic (exact) mass is 231 g/mol. The van der Waals surface area contributed by atoms with Gasteiger partial charge in [0.05, 0.1) is 0 Å². The molecule has 1 nitrogen and oxygen atoms in total. The molecule has 0 aliphatic rings. The van der Waals surface area contributed by atoms with Crippen molar-refractivity contribution in [1.29, 1.82) is 0 Å². The molecule has 0 radical (unpaired) electrons. The van der Waals surface area contributed by atoms with Crippen LogP contribution < -0.4 is 5.32 Å². The van der Waals surface area contributed by atoms with Crippen LogP contribution in [0.15, 0.2) is 12.1 Å². The van der Waals surface area contributed by atoms with Crippen LogP contribution in [0, 0.1) is 20.8 Å². The summed E-state index contributed by atoms with van der Waals surface area (Å²) < 4.78 is 38.3. The maximum Gasteiger partial charge on any atom is 0.407 e. The van der Waals surface area contributed by atoms with E-state index in [1.165, 1.54) is 7.05 Å². The van der Waals surface area contributed by atoms with E-state index in [1.807, 2.05) is 13.8 Å². The van der Waals surface area contributed by atoms with Crippen molar-refractivity contribution in [2.45, 2.75) is 33.0 Å². The summed E-state index contributed by atoms with van der Waals surface area (Å²) in [7, 11) is 1.33. The summed E-state index contributed by atoms with van der Waals surface area (Å²) in [5, 5.41) is 2.32. The lowest BCUT2D eigenvalue weighted by atomic mass is 9.95. The van der Waals surface area contributed by atoms with E-state index >= 15 is 0 Å². The SMILES string of the molecule is CNC(c1cc(C)c(C)cc1C)C(F)(F)F. The van der Waals surface area contributed by atoms with Crippen LogP contribution in [0.25, 0.3) is 0 Å². The zero-order valence-corrected chi connectivity index (χ0v) is 9.87. The van der Waals surface area contributed by atoms with E-state index in [2.05, 4.69) is 5.32 Å². The number of nitrogens with one attached hydrogen (secondary N) is 1. The molecule has 0 aromatic heterocycles. The highest BCUT2D eigenvalue weighted by atomic mass is 19.4. The second kappa shape index (κ2) is 4.45. The van der Waals surface area contributed by atoms with Crippen LogP contribution in [0.2, 0.25) is 0 Å². The molecule has 0 saturated carbocycles. The predicted octanol–water partition coefficient (Wildman–Crippen LogP) is 3.43. The fourth-order valence-corrected chi connectivity index (χ4v) is 1.79. The van der Waals surface area contributed by atoms with Crippen molar-refractivity contribution in [2.75, 3.05) is 7.05 Å². The van der Waals surface area contributed by atoms with E-state index in [0.29, 0.717) is 11.1 Å². The molecule has 4 heteroatoms. The Morgan fingerprint density at radius 3 is 1.94 bits per heavy atom. The number of hydrogen-bond acceptors (Lipinski definition) is 1. The lowest BCUT2D eigenvalue weighted by Gasteiger charge is -2.22. The van der Waals surface area contributed by atoms with Gasteiger partial charge in [0.1, 0.15) is 6.04 Å². The Hall–Kier alpha value is -1.03. The first kappa shape index (κ1) is 13.0. The number of halogens is 3. The largest absolute Gasteiger partial charge is 0.407 e. The molecule has 0 spiro atoms. The molecule has 0 bridgehead atoms. The Bertz CT molecular complexity index is 383. The first-order valence-corrected chi connectivity index (χ1v) is 5.09. The van der Waals surface area contributed by atoms with Gasteiger partial charge in [-0.3, -0.25) is 0 Å². The second-order valence-corrected chi connectivity index (χ2v) is 4.06. The normalized spacial score (nSPS) is 13.9. The molecule has 90 valence electrons. The number of hydrogen-bond donors (Lipinski definition) is 1. The molecule has 1 atom stereocenters. The van der Waals surface area contributed by atoms with Crippen LogP contribution in [-0.2, 0) is 0 Å². The van der Waals surface area contributed by atoms with E-state index in [9.17, 15) is 13.2 Å². The summed E-state index contributed by atoms with van der Waals surface area (Å²) in [6.45, 7) is 5.42. The van der Waals surface area contributed by atoms with Crippen LogP contribution >= 0.6 is 0 Å².